The van der Waals surface area contributed by atoms with Gasteiger partial charge in [0.1, 0.15) is 16.9 Å². The molecule has 43 heavy (non-hydrogen) atoms. The fourth-order valence-electron chi connectivity index (χ4n) is 4.71. The standard InChI is InChI=1S/C30H44N4O8S/c1-4-6-8-26(36)17-34(20-30(41)42)24(13-23-9-11-27(12-10-23)43-21-31)15-32(18-28(37)38)14-22(3)33(19-29(39)40)16-25(35)7-5-2/h8-12,22,24,36H,4-7,13-20H2,1-3H3,(H,37,38)(H,39,40)(H,41,42). The van der Waals surface area contributed by atoms with Gasteiger partial charge in [-0.2, -0.15) is 5.26 Å². The molecule has 0 fully saturated rings. The van der Waals surface area contributed by atoms with E-state index >= 15 is 0 Å². The molecule has 0 amide bonds. The van der Waals surface area contributed by atoms with E-state index in [0.717, 1.165) is 28.6 Å². The average molecular weight is 621 g/mol. The van der Waals surface area contributed by atoms with Crippen molar-refractivity contribution < 1.29 is 39.6 Å². The molecule has 1 rings (SSSR count). The minimum absolute atomic E-state index is 0.00842. The van der Waals surface area contributed by atoms with Crippen molar-refractivity contribution in [2.24, 2.45) is 0 Å². The number of hydrogen-bond donors (Lipinski definition) is 4. The summed E-state index contributed by atoms with van der Waals surface area (Å²) in [5.74, 6) is -3.45. The number of ketones is 1. The van der Waals surface area contributed by atoms with Crippen LogP contribution in [0.5, 0.6) is 0 Å². The Kier molecular flexibility index (Phi) is 17.9. The molecule has 0 aromatic heterocycles. The number of thioether (sulfide) groups is 1. The van der Waals surface area contributed by atoms with E-state index in [2.05, 4.69) is 0 Å². The van der Waals surface area contributed by atoms with Crippen molar-refractivity contribution in [3.8, 4) is 5.40 Å². The number of carbonyl (C=O) groups is 4. The van der Waals surface area contributed by atoms with Crippen molar-refractivity contribution >= 4 is 35.5 Å². The van der Waals surface area contributed by atoms with Crippen LogP contribution in [0, 0.1) is 10.7 Å². The maximum absolute atomic E-state index is 12.4. The molecule has 0 bridgehead atoms. The summed E-state index contributed by atoms with van der Waals surface area (Å²) < 4.78 is 0. The number of hydrogen-bond acceptors (Lipinski definition) is 10. The molecule has 1 aromatic carbocycles. The monoisotopic (exact) mass is 620 g/mol. The molecule has 2 atom stereocenters. The largest absolute Gasteiger partial charge is 0.511 e. The topological polar surface area (TPSA) is 183 Å². The molecule has 0 aliphatic heterocycles. The minimum atomic E-state index is -1.12. The summed E-state index contributed by atoms with van der Waals surface area (Å²) in [6.45, 7) is 4.37. The van der Waals surface area contributed by atoms with E-state index in [1.807, 2.05) is 31.4 Å². The Balaban J connectivity index is 3.41. The Morgan fingerprint density at radius 2 is 1.47 bits per heavy atom. The molecule has 4 N–H and O–H groups in total. The molecule has 1 aromatic rings. The number of Topliss-reactive ketones (excluding diaryl/α,β-unsaturated/α-hetero) is 1. The highest BCUT2D eigenvalue weighted by molar-refractivity contribution is 8.03. The van der Waals surface area contributed by atoms with Gasteiger partial charge in [0.2, 0.25) is 0 Å². The van der Waals surface area contributed by atoms with Gasteiger partial charge in [0.05, 0.1) is 32.7 Å². The van der Waals surface area contributed by atoms with Gasteiger partial charge in [-0.05, 0) is 61.7 Å². The van der Waals surface area contributed by atoms with Crippen LogP contribution in [0.1, 0.15) is 52.0 Å². The average Bonchev–Trinajstić information content (AvgIpc) is 2.91. The number of unbranched alkanes of at least 4 members (excludes halogenated alkanes) is 1. The fourth-order valence-corrected chi connectivity index (χ4v) is 5.08. The van der Waals surface area contributed by atoms with Gasteiger partial charge in [-0.25, -0.2) is 0 Å². The number of nitrogens with zero attached hydrogens (tertiary/aromatic N) is 4. The number of carbonyl (C=O) groups excluding carboxylic acids is 1. The van der Waals surface area contributed by atoms with Gasteiger partial charge in [0.15, 0.2) is 0 Å². The summed E-state index contributed by atoms with van der Waals surface area (Å²) in [6, 6.07) is 6.10. The van der Waals surface area contributed by atoms with Crippen LogP contribution in [0.2, 0.25) is 0 Å². The van der Waals surface area contributed by atoms with E-state index in [9.17, 15) is 39.6 Å². The van der Waals surface area contributed by atoms with Crippen LogP contribution in [0.3, 0.4) is 0 Å². The minimum Gasteiger partial charge on any atom is -0.511 e. The van der Waals surface area contributed by atoms with Gasteiger partial charge >= 0.3 is 17.9 Å². The molecular formula is C30H44N4O8S. The van der Waals surface area contributed by atoms with E-state index in [-0.39, 0.29) is 37.7 Å². The molecular weight excluding hydrogens is 576 g/mol. The molecule has 0 spiro atoms. The highest BCUT2D eigenvalue weighted by atomic mass is 32.2. The number of carboxylic acids is 3. The number of carboxylic acid groups (broad SMARTS) is 3. The van der Waals surface area contributed by atoms with Gasteiger partial charge in [-0.1, -0.05) is 32.4 Å². The van der Waals surface area contributed by atoms with E-state index in [1.165, 1.54) is 4.90 Å². The van der Waals surface area contributed by atoms with E-state index in [0.29, 0.717) is 25.7 Å². The second-order valence-electron chi connectivity index (χ2n) is 10.5. The Labute approximate surface area is 257 Å². The third-order valence-electron chi connectivity index (χ3n) is 6.67. The number of benzene rings is 1. The van der Waals surface area contributed by atoms with E-state index < -0.39 is 49.6 Å². The molecule has 2 unspecified atom stereocenters. The van der Waals surface area contributed by atoms with Crippen LogP contribution in [0.4, 0.5) is 0 Å². The number of rotatable bonds is 23. The highest BCUT2D eigenvalue weighted by Gasteiger charge is 2.28. The Hall–Kier alpha value is -3.44. The summed E-state index contributed by atoms with van der Waals surface area (Å²) in [5.41, 5.74) is 0.820. The fraction of sp³-hybridized carbons (Fsp3) is 0.567. The van der Waals surface area contributed by atoms with E-state index in [4.69, 9.17) is 5.26 Å². The zero-order valence-corrected chi connectivity index (χ0v) is 26.0. The number of allylic oxidation sites excluding steroid dienone is 1. The van der Waals surface area contributed by atoms with Gasteiger partial charge in [0.25, 0.3) is 0 Å². The second kappa shape index (κ2) is 20.5. The number of aliphatic hydroxyl groups excluding tert-OH is 1. The molecule has 0 aliphatic carbocycles. The molecule has 0 aliphatic rings. The van der Waals surface area contributed by atoms with Crippen molar-refractivity contribution in [2.75, 3.05) is 45.8 Å². The molecule has 238 valence electrons. The normalized spacial score (nSPS) is 13.2. The lowest BCUT2D eigenvalue weighted by atomic mass is 10.0. The maximum atomic E-state index is 12.4. The quantitative estimate of drug-likeness (QED) is 0.0795. The van der Waals surface area contributed by atoms with Crippen LogP contribution < -0.4 is 0 Å². The van der Waals surface area contributed by atoms with Gasteiger partial charge in [-0.3, -0.25) is 33.9 Å². The predicted octanol–water partition coefficient (Wildman–Crippen LogP) is 3.33. The Morgan fingerprint density at radius 3 is 2.00 bits per heavy atom. The predicted molar refractivity (Wildman–Crippen MR) is 163 cm³/mol. The zero-order valence-electron chi connectivity index (χ0n) is 25.1. The zero-order chi connectivity index (χ0) is 32.4. The lowest BCUT2D eigenvalue weighted by Gasteiger charge is -2.37. The molecule has 13 heteroatoms. The van der Waals surface area contributed by atoms with Crippen LogP contribution in [-0.4, -0.2) is 117 Å². The third-order valence-corrected chi connectivity index (χ3v) is 7.27. The first-order valence-corrected chi connectivity index (χ1v) is 15.1. The Morgan fingerprint density at radius 1 is 0.860 bits per heavy atom. The van der Waals surface area contributed by atoms with Crippen LogP contribution in [0.25, 0.3) is 0 Å². The van der Waals surface area contributed by atoms with Crippen molar-refractivity contribution in [1.29, 1.82) is 5.26 Å². The molecule has 0 radical (unpaired) electrons. The SMILES string of the molecule is CCCC=C(O)CN(CC(=O)O)C(Cc1ccc(SC#N)cc1)CN(CC(=O)O)CC(C)N(CC(=O)O)CC(=O)CCC. The molecule has 0 heterocycles. The van der Waals surface area contributed by atoms with Crippen LogP contribution >= 0.6 is 11.8 Å². The maximum Gasteiger partial charge on any atom is 0.317 e. The van der Waals surface area contributed by atoms with Crippen molar-refractivity contribution in [3.05, 3.63) is 41.7 Å². The summed E-state index contributed by atoms with van der Waals surface area (Å²) in [4.78, 5) is 53.1. The summed E-state index contributed by atoms with van der Waals surface area (Å²) in [7, 11) is 0. The summed E-state index contributed by atoms with van der Waals surface area (Å²) >= 11 is 1.00. The first-order valence-electron chi connectivity index (χ1n) is 14.3. The molecule has 0 saturated heterocycles. The molecule has 0 saturated carbocycles. The molecule has 12 nitrogen and oxygen atoms in total. The summed E-state index contributed by atoms with van der Waals surface area (Å²) in [5, 5.41) is 50.4. The number of thiocyanates is 1. The lowest BCUT2D eigenvalue weighted by molar-refractivity contribution is -0.141. The van der Waals surface area contributed by atoms with Crippen LogP contribution in [0.15, 0.2) is 41.0 Å². The van der Waals surface area contributed by atoms with Crippen molar-refractivity contribution in [3.63, 3.8) is 0 Å². The smallest absolute Gasteiger partial charge is 0.317 e. The number of nitriles is 1. The summed E-state index contributed by atoms with van der Waals surface area (Å²) in [6.07, 6.45) is 4.26. The van der Waals surface area contributed by atoms with E-state index in [1.54, 1.807) is 34.9 Å². The lowest BCUT2D eigenvalue weighted by Crippen LogP contribution is -2.52. The Bertz CT molecular complexity index is 1120. The van der Waals surface area contributed by atoms with Crippen molar-refractivity contribution in [1.82, 2.24) is 14.7 Å². The first-order chi connectivity index (χ1) is 20.4. The first kappa shape index (κ1) is 37.6. The van der Waals surface area contributed by atoms with Gasteiger partial charge < -0.3 is 20.4 Å². The van der Waals surface area contributed by atoms with Crippen molar-refractivity contribution in [2.45, 2.75) is 69.9 Å². The highest BCUT2D eigenvalue weighted by Crippen LogP contribution is 2.20. The number of aliphatic hydroxyl groups is 1. The second-order valence-corrected chi connectivity index (χ2v) is 11.4. The van der Waals surface area contributed by atoms with Crippen LogP contribution in [-0.2, 0) is 25.6 Å². The van der Waals surface area contributed by atoms with Gasteiger partial charge in [0, 0.05) is 36.5 Å². The number of aliphatic carboxylic acids is 3. The van der Waals surface area contributed by atoms with Gasteiger partial charge in [-0.15, -0.1) is 0 Å². The third kappa shape index (κ3) is 16.1.